The molecule has 0 spiro atoms. The maximum absolute atomic E-state index is 10.6. The zero-order chi connectivity index (χ0) is 14.0. The number of hydrogen-bond acceptors (Lipinski definition) is 4. The zero-order valence-electron chi connectivity index (χ0n) is 11.9. The van der Waals surface area contributed by atoms with Crippen molar-refractivity contribution in [3.8, 4) is 0 Å². The third-order valence-corrected chi connectivity index (χ3v) is 5.17. The summed E-state index contributed by atoms with van der Waals surface area (Å²) in [6.45, 7) is 3.65. The highest BCUT2D eigenvalue weighted by Crippen LogP contribution is 2.31. The van der Waals surface area contributed by atoms with Crippen LogP contribution in [0.3, 0.4) is 0 Å². The van der Waals surface area contributed by atoms with E-state index in [1.807, 2.05) is 18.2 Å². The molecule has 3 rings (SSSR count). The van der Waals surface area contributed by atoms with Crippen molar-refractivity contribution < 1.29 is 5.11 Å². The van der Waals surface area contributed by atoms with E-state index in [1.54, 1.807) is 11.3 Å². The zero-order valence-corrected chi connectivity index (χ0v) is 12.7. The SMILES string of the molecule is CC1CCCC(O)(CNCc2nc3ccccc3s2)C1. The molecule has 1 fully saturated rings. The first-order valence-electron chi connectivity index (χ1n) is 7.42. The van der Waals surface area contributed by atoms with Crippen molar-refractivity contribution in [3.05, 3.63) is 29.3 Å². The Morgan fingerprint density at radius 2 is 2.30 bits per heavy atom. The number of nitrogens with one attached hydrogen (secondary N) is 1. The molecule has 0 amide bonds. The van der Waals surface area contributed by atoms with E-state index in [0.29, 0.717) is 12.5 Å². The second-order valence-corrected chi connectivity index (χ2v) is 7.22. The van der Waals surface area contributed by atoms with Crippen LogP contribution in [0.4, 0.5) is 0 Å². The van der Waals surface area contributed by atoms with Gasteiger partial charge in [0.25, 0.3) is 0 Å². The molecule has 0 radical (unpaired) electrons. The van der Waals surface area contributed by atoms with Crippen LogP contribution in [0.25, 0.3) is 10.2 Å². The molecule has 0 aliphatic heterocycles. The Morgan fingerprint density at radius 1 is 1.45 bits per heavy atom. The highest BCUT2D eigenvalue weighted by molar-refractivity contribution is 7.18. The lowest BCUT2D eigenvalue weighted by Gasteiger charge is -2.35. The summed E-state index contributed by atoms with van der Waals surface area (Å²) in [4.78, 5) is 4.61. The van der Waals surface area contributed by atoms with E-state index in [9.17, 15) is 5.11 Å². The second-order valence-electron chi connectivity index (χ2n) is 6.10. The summed E-state index contributed by atoms with van der Waals surface area (Å²) in [5.41, 5.74) is 0.549. The first kappa shape index (κ1) is 14.0. The Labute approximate surface area is 124 Å². The first-order valence-corrected chi connectivity index (χ1v) is 8.24. The van der Waals surface area contributed by atoms with Gasteiger partial charge >= 0.3 is 0 Å². The minimum Gasteiger partial charge on any atom is -0.389 e. The van der Waals surface area contributed by atoms with Gasteiger partial charge in [-0.15, -0.1) is 11.3 Å². The molecule has 2 N–H and O–H groups in total. The number of rotatable bonds is 4. The molecule has 2 aromatic rings. The topological polar surface area (TPSA) is 45.1 Å². The summed E-state index contributed by atoms with van der Waals surface area (Å²) in [6.07, 6.45) is 4.23. The van der Waals surface area contributed by atoms with Gasteiger partial charge in [0, 0.05) is 13.1 Å². The molecule has 1 aromatic heterocycles. The van der Waals surface area contributed by atoms with E-state index in [1.165, 1.54) is 11.1 Å². The molecular weight excluding hydrogens is 268 g/mol. The number of hydrogen-bond donors (Lipinski definition) is 2. The molecule has 3 nitrogen and oxygen atoms in total. The monoisotopic (exact) mass is 290 g/mol. The summed E-state index contributed by atoms with van der Waals surface area (Å²) in [5.74, 6) is 0.637. The average Bonchev–Trinajstić information content (AvgIpc) is 2.80. The lowest BCUT2D eigenvalue weighted by Crippen LogP contribution is -2.43. The van der Waals surface area contributed by atoms with Crippen molar-refractivity contribution >= 4 is 21.6 Å². The van der Waals surface area contributed by atoms with Gasteiger partial charge in [0.2, 0.25) is 0 Å². The van der Waals surface area contributed by atoms with Crippen LogP contribution in [0.5, 0.6) is 0 Å². The van der Waals surface area contributed by atoms with Gasteiger partial charge in [-0.1, -0.05) is 31.9 Å². The summed E-state index contributed by atoms with van der Waals surface area (Å²) in [5, 5.41) is 15.1. The molecule has 1 aliphatic carbocycles. The minimum absolute atomic E-state index is 0.519. The molecule has 0 saturated heterocycles. The third kappa shape index (κ3) is 3.19. The summed E-state index contributed by atoms with van der Waals surface area (Å²) in [7, 11) is 0. The smallest absolute Gasteiger partial charge is 0.108 e. The molecule has 1 aliphatic rings. The van der Waals surface area contributed by atoms with E-state index in [0.717, 1.165) is 36.3 Å². The third-order valence-electron chi connectivity index (χ3n) is 4.14. The number of para-hydroxylation sites is 1. The van der Waals surface area contributed by atoms with Crippen LogP contribution in [0.15, 0.2) is 24.3 Å². The van der Waals surface area contributed by atoms with Crippen LogP contribution in [0, 0.1) is 5.92 Å². The van der Waals surface area contributed by atoms with Gasteiger partial charge in [0.05, 0.1) is 15.8 Å². The lowest BCUT2D eigenvalue weighted by atomic mass is 9.79. The van der Waals surface area contributed by atoms with Crippen LogP contribution in [0.2, 0.25) is 0 Å². The van der Waals surface area contributed by atoms with Crippen molar-refractivity contribution in [2.45, 2.75) is 44.8 Å². The van der Waals surface area contributed by atoms with Gasteiger partial charge in [0.15, 0.2) is 0 Å². The molecule has 2 atom stereocenters. The van der Waals surface area contributed by atoms with Crippen molar-refractivity contribution in [1.82, 2.24) is 10.3 Å². The highest BCUT2D eigenvalue weighted by Gasteiger charge is 2.32. The van der Waals surface area contributed by atoms with Crippen LogP contribution >= 0.6 is 11.3 Å². The van der Waals surface area contributed by atoms with E-state index >= 15 is 0 Å². The Hall–Kier alpha value is -0.970. The van der Waals surface area contributed by atoms with Crippen molar-refractivity contribution in [1.29, 1.82) is 0 Å². The Balaban J connectivity index is 1.56. The van der Waals surface area contributed by atoms with Crippen LogP contribution < -0.4 is 5.32 Å². The molecule has 2 unspecified atom stereocenters. The molecule has 20 heavy (non-hydrogen) atoms. The van der Waals surface area contributed by atoms with Gasteiger partial charge in [-0.3, -0.25) is 0 Å². The number of benzene rings is 1. The molecular formula is C16H22N2OS. The van der Waals surface area contributed by atoms with E-state index < -0.39 is 5.60 Å². The highest BCUT2D eigenvalue weighted by atomic mass is 32.1. The predicted octanol–water partition coefficient (Wildman–Crippen LogP) is 3.33. The van der Waals surface area contributed by atoms with Crippen molar-refractivity contribution in [2.24, 2.45) is 5.92 Å². The molecule has 1 heterocycles. The molecule has 4 heteroatoms. The molecule has 108 valence electrons. The van der Waals surface area contributed by atoms with Crippen LogP contribution in [-0.2, 0) is 6.54 Å². The molecule has 0 bridgehead atoms. The minimum atomic E-state index is -0.519. The average molecular weight is 290 g/mol. The summed E-state index contributed by atoms with van der Waals surface area (Å²) in [6, 6.07) is 8.22. The quantitative estimate of drug-likeness (QED) is 0.908. The number of nitrogens with zero attached hydrogens (tertiary/aromatic N) is 1. The summed E-state index contributed by atoms with van der Waals surface area (Å²) >= 11 is 1.73. The lowest BCUT2D eigenvalue weighted by molar-refractivity contribution is -0.0119. The van der Waals surface area contributed by atoms with Gasteiger partial charge in [-0.25, -0.2) is 4.98 Å². The Morgan fingerprint density at radius 3 is 3.10 bits per heavy atom. The van der Waals surface area contributed by atoms with E-state index in [-0.39, 0.29) is 0 Å². The fraction of sp³-hybridized carbons (Fsp3) is 0.562. The van der Waals surface area contributed by atoms with Crippen molar-refractivity contribution in [3.63, 3.8) is 0 Å². The largest absolute Gasteiger partial charge is 0.389 e. The molecule has 1 aromatic carbocycles. The Bertz CT molecular complexity index is 550. The van der Waals surface area contributed by atoms with Crippen LogP contribution in [0.1, 0.15) is 37.6 Å². The standard InChI is InChI=1S/C16H22N2OS/c1-12-5-4-8-16(19,9-12)11-17-10-15-18-13-6-2-3-7-14(13)20-15/h2-3,6-7,12,17,19H,4-5,8-11H2,1H3. The van der Waals surface area contributed by atoms with Gasteiger partial charge in [0.1, 0.15) is 5.01 Å². The normalized spacial score (nSPS) is 27.0. The van der Waals surface area contributed by atoms with E-state index in [4.69, 9.17) is 0 Å². The predicted molar refractivity (Wildman–Crippen MR) is 83.9 cm³/mol. The number of thiazole rings is 1. The molecule has 1 saturated carbocycles. The van der Waals surface area contributed by atoms with Gasteiger partial charge in [-0.05, 0) is 30.9 Å². The van der Waals surface area contributed by atoms with Crippen molar-refractivity contribution in [2.75, 3.05) is 6.54 Å². The first-order chi connectivity index (χ1) is 9.65. The fourth-order valence-corrected chi connectivity index (χ4v) is 4.13. The maximum atomic E-state index is 10.6. The fourth-order valence-electron chi connectivity index (χ4n) is 3.19. The van der Waals surface area contributed by atoms with Gasteiger partial charge < -0.3 is 10.4 Å². The maximum Gasteiger partial charge on any atom is 0.108 e. The van der Waals surface area contributed by atoms with Gasteiger partial charge in [-0.2, -0.15) is 0 Å². The second kappa shape index (κ2) is 5.80. The van der Waals surface area contributed by atoms with E-state index in [2.05, 4.69) is 23.3 Å². The number of aliphatic hydroxyl groups is 1. The number of aromatic nitrogens is 1. The summed E-state index contributed by atoms with van der Waals surface area (Å²) < 4.78 is 1.23. The number of fused-ring (bicyclic) bond motifs is 1. The van der Waals surface area contributed by atoms with Crippen LogP contribution in [-0.4, -0.2) is 22.2 Å². The Kier molecular flexibility index (Phi) is 4.06.